The topological polar surface area (TPSA) is 50.8 Å². The van der Waals surface area contributed by atoms with Crippen LogP contribution in [0.15, 0.2) is 54.9 Å². The van der Waals surface area contributed by atoms with E-state index < -0.39 is 0 Å². The Labute approximate surface area is 115 Å². The van der Waals surface area contributed by atoms with Crippen LogP contribution in [0.1, 0.15) is 5.56 Å². The zero-order valence-electron chi connectivity index (χ0n) is 10.6. The monoisotopic (exact) mass is 269 g/mol. The number of H-pyrrole nitrogens is 1. The van der Waals surface area contributed by atoms with Crippen LogP contribution in [-0.2, 0) is 6.61 Å². The molecule has 2 aromatic heterocycles. The molecule has 0 radical (unpaired) electrons. The zero-order chi connectivity index (χ0) is 13.8. The highest BCUT2D eigenvalue weighted by molar-refractivity contribution is 5.53. The Kier molecular flexibility index (Phi) is 3.41. The van der Waals surface area contributed by atoms with Crippen molar-refractivity contribution in [1.29, 1.82) is 0 Å². The number of nitrogens with zero attached hydrogens (tertiary/aromatic N) is 2. The van der Waals surface area contributed by atoms with Crippen LogP contribution in [-0.4, -0.2) is 15.2 Å². The fourth-order valence-corrected chi connectivity index (χ4v) is 1.77. The first-order chi connectivity index (χ1) is 9.81. The van der Waals surface area contributed by atoms with E-state index in [9.17, 15) is 4.39 Å². The normalized spacial score (nSPS) is 10.4. The van der Waals surface area contributed by atoms with Crippen molar-refractivity contribution < 1.29 is 9.13 Å². The molecule has 0 atom stereocenters. The minimum absolute atomic E-state index is 0.251. The highest BCUT2D eigenvalue weighted by Gasteiger charge is 2.01. The number of benzene rings is 1. The van der Waals surface area contributed by atoms with Crippen molar-refractivity contribution >= 4 is 0 Å². The summed E-state index contributed by atoms with van der Waals surface area (Å²) in [5, 5.41) is 6.72. The van der Waals surface area contributed by atoms with E-state index in [1.807, 2.05) is 18.2 Å². The maximum absolute atomic E-state index is 12.8. The summed E-state index contributed by atoms with van der Waals surface area (Å²) >= 11 is 0. The standard InChI is InChI=1S/C15H12FN3O/c16-12-3-1-11(2-4-12)10-20-13-5-6-14(17-9-13)15-7-8-18-19-15/h1-9H,10H2,(H,18,19). The van der Waals surface area contributed by atoms with Crippen molar-refractivity contribution in [2.24, 2.45) is 0 Å². The summed E-state index contributed by atoms with van der Waals surface area (Å²) in [5.41, 5.74) is 2.57. The van der Waals surface area contributed by atoms with E-state index in [0.29, 0.717) is 12.4 Å². The van der Waals surface area contributed by atoms with Crippen LogP contribution in [0.4, 0.5) is 4.39 Å². The van der Waals surface area contributed by atoms with Crippen LogP contribution in [0.2, 0.25) is 0 Å². The molecule has 20 heavy (non-hydrogen) atoms. The van der Waals surface area contributed by atoms with Gasteiger partial charge in [-0.25, -0.2) is 4.39 Å². The van der Waals surface area contributed by atoms with E-state index in [-0.39, 0.29) is 5.82 Å². The Bertz CT molecular complexity index is 663. The van der Waals surface area contributed by atoms with Crippen LogP contribution < -0.4 is 4.74 Å². The molecule has 2 heterocycles. The molecule has 4 nitrogen and oxygen atoms in total. The molecule has 0 aliphatic rings. The predicted molar refractivity (Wildman–Crippen MR) is 72.6 cm³/mol. The second-order valence-corrected chi connectivity index (χ2v) is 4.26. The van der Waals surface area contributed by atoms with Crippen molar-refractivity contribution in [2.45, 2.75) is 6.61 Å². The van der Waals surface area contributed by atoms with Gasteiger partial charge >= 0.3 is 0 Å². The number of aromatic amines is 1. The number of hydrogen-bond acceptors (Lipinski definition) is 3. The summed E-state index contributed by atoms with van der Waals surface area (Å²) in [6.07, 6.45) is 3.33. The lowest BCUT2D eigenvalue weighted by Crippen LogP contribution is -1.96. The fraction of sp³-hybridized carbons (Fsp3) is 0.0667. The largest absolute Gasteiger partial charge is 0.487 e. The molecule has 0 fully saturated rings. The van der Waals surface area contributed by atoms with Gasteiger partial charge in [0.15, 0.2) is 0 Å². The Hall–Kier alpha value is -2.69. The van der Waals surface area contributed by atoms with Gasteiger partial charge in [-0.1, -0.05) is 12.1 Å². The Balaban J connectivity index is 1.65. The molecule has 3 aromatic rings. The molecule has 0 saturated heterocycles. The number of halogens is 1. The van der Waals surface area contributed by atoms with E-state index in [4.69, 9.17) is 4.74 Å². The smallest absolute Gasteiger partial charge is 0.138 e. The van der Waals surface area contributed by atoms with Gasteiger partial charge in [0.1, 0.15) is 18.2 Å². The van der Waals surface area contributed by atoms with Crippen LogP contribution in [0.3, 0.4) is 0 Å². The molecule has 0 aliphatic heterocycles. The summed E-state index contributed by atoms with van der Waals surface area (Å²) in [6, 6.07) is 11.8. The van der Waals surface area contributed by atoms with Gasteiger partial charge in [0.05, 0.1) is 17.6 Å². The maximum Gasteiger partial charge on any atom is 0.138 e. The average Bonchev–Trinajstić information content (AvgIpc) is 3.01. The van der Waals surface area contributed by atoms with Crippen molar-refractivity contribution in [3.8, 4) is 17.1 Å². The third-order valence-electron chi connectivity index (χ3n) is 2.83. The van der Waals surface area contributed by atoms with Gasteiger partial charge in [-0.3, -0.25) is 10.1 Å². The Morgan fingerprint density at radius 2 is 1.90 bits per heavy atom. The minimum Gasteiger partial charge on any atom is -0.487 e. The minimum atomic E-state index is -0.251. The van der Waals surface area contributed by atoms with E-state index in [0.717, 1.165) is 17.0 Å². The molecule has 0 saturated carbocycles. The quantitative estimate of drug-likeness (QED) is 0.791. The second-order valence-electron chi connectivity index (χ2n) is 4.26. The van der Waals surface area contributed by atoms with E-state index in [1.165, 1.54) is 12.1 Å². The van der Waals surface area contributed by atoms with Crippen LogP contribution in [0, 0.1) is 5.82 Å². The van der Waals surface area contributed by atoms with Crippen molar-refractivity contribution in [1.82, 2.24) is 15.2 Å². The molecular formula is C15H12FN3O. The maximum atomic E-state index is 12.8. The molecule has 3 rings (SSSR count). The number of nitrogens with one attached hydrogen (secondary N) is 1. The van der Waals surface area contributed by atoms with Gasteiger partial charge < -0.3 is 4.74 Å². The van der Waals surface area contributed by atoms with Gasteiger partial charge in [0.2, 0.25) is 0 Å². The highest BCUT2D eigenvalue weighted by atomic mass is 19.1. The molecule has 0 unspecified atom stereocenters. The molecule has 1 aromatic carbocycles. The molecule has 0 bridgehead atoms. The lowest BCUT2D eigenvalue weighted by atomic mass is 10.2. The number of aromatic nitrogens is 3. The first-order valence-electron chi connectivity index (χ1n) is 6.14. The summed E-state index contributed by atoms with van der Waals surface area (Å²) in [7, 11) is 0. The lowest BCUT2D eigenvalue weighted by molar-refractivity contribution is 0.305. The summed E-state index contributed by atoms with van der Waals surface area (Å²) in [5.74, 6) is 0.414. The van der Waals surface area contributed by atoms with Gasteiger partial charge in [0.25, 0.3) is 0 Å². The number of rotatable bonds is 4. The van der Waals surface area contributed by atoms with E-state index in [2.05, 4.69) is 15.2 Å². The van der Waals surface area contributed by atoms with Gasteiger partial charge in [-0.2, -0.15) is 5.10 Å². The SMILES string of the molecule is Fc1ccc(COc2ccc(-c3ccn[nH]3)nc2)cc1. The number of pyridine rings is 1. The first kappa shape index (κ1) is 12.3. The highest BCUT2D eigenvalue weighted by Crippen LogP contribution is 2.17. The van der Waals surface area contributed by atoms with Crippen molar-refractivity contribution in [3.05, 3.63) is 66.2 Å². The van der Waals surface area contributed by atoms with Gasteiger partial charge in [0, 0.05) is 6.20 Å². The lowest BCUT2D eigenvalue weighted by Gasteiger charge is -2.06. The molecule has 5 heteroatoms. The third kappa shape index (κ3) is 2.83. The summed E-state index contributed by atoms with van der Waals surface area (Å²) in [4.78, 5) is 4.29. The third-order valence-corrected chi connectivity index (χ3v) is 2.83. The Morgan fingerprint density at radius 3 is 2.55 bits per heavy atom. The molecule has 0 spiro atoms. The van der Waals surface area contributed by atoms with Crippen molar-refractivity contribution in [3.63, 3.8) is 0 Å². The first-order valence-corrected chi connectivity index (χ1v) is 6.14. The summed E-state index contributed by atoms with van der Waals surface area (Å²) < 4.78 is 18.4. The van der Waals surface area contributed by atoms with Crippen LogP contribution in [0.25, 0.3) is 11.4 Å². The van der Waals surface area contributed by atoms with E-state index in [1.54, 1.807) is 24.5 Å². The zero-order valence-corrected chi connectivity index (χ0v) is 10.6. The van der Waals surface area contributed by atoms with Crippen LogP contribution >= 0.6 is 0 Å². The predicted octanol–water partition coefficient (Wildman–Crippen LogP) is 3.19. The van der Waals surface area contributed by atoms with Gasteiger partial charge in [-0.15, -0.1) is 0 Å². The van der Waals surface area contributed by atoms with Crippen molar-refractivity contribution in [2.75, 3.05) is 0 Å². The van der Waals surface area contributed by atoms with E-state index >= 15 is 0 Å². The molecule has 1 N–H and O–H groups in total. The second kappa shape index (κ2) is 5.52. The number of hydrogen-bond donors (Lipinski definition) is 1. The molecule has 0 aliphatic carbocycles. The molecular weight excluding hydrogens is 257 g/mol. The average molecular weight is 269 g/mol. The van der Waals surface area contributed by atoms with Crippen LogP contribution in [0.5, 0.6) is 5.75 Å². The Morgan fingerprint density at radius 1 is 1.05 bits per heavy atom. The number of ether oxygens (including phenoxy) is 1. The fourth-order valence-electron chi connectivity index (χ4n) is 1.77. The molecule has 0 amide bonds. The summed E-state index contributed by atoms with van der Waals surface area (Å²) in [6.45, 7) is 0.380. The van der Waals surface area contributed by atoms with Gasteiger partial charge in [-0.05, 0) is 35.9 Å². The molecule has 100 valence electrons.